The lowest BCUT2D eigenvalue weighted by molar-refractivity contribution is -0.167. The molecule has 0 amide bonds. The van der Waals surface area contributed by atoms with Gasteiger partial charge >= 0.3 is 17.9 Å². The molecule has 0 rings (SSSR count). The van der Waals surface area contributed by atoms with Crippen molar-refractivity contribution in [1.29, 1.82) is 0 Å². The van der Waals surface area contributed by atoms with Crippen molar-refractivity contribution in [3.8, 4) is 0 Å². The number of hydrogen-bond donors (Lipinski definition) is 0. The second-order valence-corrected chi connectivity index (χ2v) is 22.7. The first-order valence-corrected chi connectivity index (χ1v) is 33.8. The minimum Gasteiger partial charge on any atom is -0.462 e. The lowest BCUT2D eigenvalue weighted by Crippen LogP contribution is -2.30. The van der Waals surface area contributed by atoms with Gasteiger partial charge in [0.15, 0.2) is 6.10 Å². The van der Waals surface area contributed by atoms with Crippen molar-refractivity contribution in [1.82, 2.24) is 0 Å². The van der Waals surface area contributed by atoms with Crippen LogP contribution in [0.2, 0.25) is 0 Å². The molecule has 0 aromatic carbocycles. The summed E-state index contributed by atoms with van der Waals surface area (Å²) in [5.41, 5.74) is 0. The number of esters is 3. The van der Waals surface area contributed by atoms with E-state index in [0.717, 1.165) is 70.6 Å². The molecule has 0 N–H and O–H groups in total. The molecule has 1 atom stereocenters. The zero-order valence-electron chi connectivity index (χ0n) is 51.5. The summed E-state index contributed by atoms with van der Waals surface area (Å²) in [5.74, 6) is -0.866. The topological polar surface area (TPSA) is 78.9 Å². The van der Waals surface area contributed by atoms with Crippen molar-refractivity contribution in [2.75, 3.05) is 13.2 Å². The molecule has 0 fully saturated rings. The molecule has 448 valence electrons. The highest BCUT2D eigenvalue weighted by Crippen LogP contribution is 2.17. The summed E-state index contributed by atoms with van der Waals surface area (Å²) < 4.78 is 17.0. The Kier molecular flexibility index (Phi) is 63.2. The lowest BCUT2D eigenvalue weighted by atomic mass is 10.0. The van der Waals surface area contributed by atoms with Crippen LogP contribution in [0.5, 0.6) is 0 Å². The number of unbranched alkanes of at least 4 members (excludes halogenated alkanes) is 41. The largest absolute Gasteiger partial charge is 0.462 e. The van der Waals surface area contributed by atoms with Crippen molar-refractivity contribution < 1.29 is 28.6 Å². The fourth-order valence-electron chi connectivity index (χ4n) is 9.85. The molecular weight excluding hydrogens is 949 g/mol. The van der Waals surface area contributed by atoms with Crippen LogP contribution in [0.15, 0.2) is 60.8 Å². The first-order chi connectivity index (χ1) is 38.0. The molecule has 6 nitrogen and oxygen atoms in total. The van der Waals surface area contributed by atoms with Gasteiger partial charge in [-0.3, -0.25) is 14.4 Å². The monoisotopic (exact) mass is 1080 g/mol. The third-order valence-electron chi connectivity index (χ3n) is 15.0. The van der Waals surface area contributed by atoms with Crippen LogP contribution in [0.25, 0.3) is 0 Å². The molecule has 0 heterocycles. The SMILES string of the molecule is CCCCC/C=C\C/C=C\CCCCCCCCCCCC(=O)OC(COC(=O)CCCCCCCCC/C=C\CCCCCCCC)COC(=O)CCCCCCCCCCCCC/C=C\C/C=C\CCCCCCC. The summed E-state index contributed by atoms with van der Waals surface area (Å²) in [6.07, 6.45) is 83.7. The van der Waals surface area contributed by atoms with Gasteiger partial charge in [-0.2, -0.15) is 0 Å². The minimum atomic E-state index is -0.780. The molecule has 6 heteroatoms. The first kappa shape index (κ1) is 74.1. The van der Waals surface area contributed by atoms with Crippen LogP contribution in [-0.2, 0) is 28.6 Å². The zero-order chi connectivity index (χ0) is 55.7. The molecule has 0 spiro atoms. The Morgan fingerprint density at radius 1 is 0.260 bits per heavy atom. The highest BCUT2D eigenvalue weighted by Gasteiger charge is 2.19. The molecule has 0 aromatic heterocycles. The molecule has 0 bridgehead atoms. The van der Waals surface area contributed by atoms with E-state index in [1.165, 1.54) is 244 Å². The predicted molar refractivity (Wildman–Crippen MR) is 335 cm³/mol. The summed E-state index contributed by atoms with van der Waals surface area (Å²) in [4.78, 5) is 38.4. The molecule has 0 saturated heterocycles. The molecule has 0 aromatic rings. The van der Waals surface area contributed by atoms with Crippen LogP contribution in [0.1, 0.15) is 355 Å². The van der Waals surface area contributed by atoms with Crippen LogP contribution in [-0.4, -0.2) is 37.2 Å². The second-order valence-electron chi connectivity index (χ2n) is 22.7. The highest BCUT2D eigenvalue weighted by molar-refractivity contribution is 5.71. The number of allylic oxidation sites excluding steroid dienone is 10. The van der Waals surface area contributed by atoms with Crippen molar-refractivity contribution in [3.63, 3.8) is 0 Å². The van der Waals surface area contributed by atoms with E-state index in [2.05, 4.69) is 81.5 Å². The summed E-state index contributed by atoms with van der Waals surface area (Å²) in [5, 5.41) is 0. The Morgan fingerprint density at radius 2 is 0.468 bits per heavy atom. The average Bonchev–Trinajstić information content (AvgIpc) is 3.43. The summed E-state index contributed by atoms with van der Waals surface area (Å²) in [7, 11) is 0. The third-order valence-corrected chi connectivity index (χ3v) is 15.0. The predicted octanol–water partition coefficient (Wildman–Crippen LogP) is 23.1. The van der Waals surface area contributed by atoms with E-state index >= 15 is 0 Å². The van der Waals surface area contributed by atoms with Crippen LogP contribution >= 0.6 is 0 Å². The van der Waals surface area contributed by atoms with Crippen LogP contribution in [0, 0.1) is 0 Å². The van der Waals surface area contributed by atoms with Gasteiger partial charge in [-0.25, -0.2) is 0 Å². The molecule has 0 aliphatic carbocycles. The maximum atomic E-state index is 12.9. The van der Waals surface area contributed by atoms with Crippen molar-refractivity contribution in [2.24, 2.45) is 0 Å². The number of carbonyl (C=O) groups is 3. The molecule has 1 unspecified atom stereocenters. The number of ether oxygens (including phenoxy) is 3. The quantitative estimate of drug-likeness (QED) is 0.0261. The van der Waals surface area contributed by atoms with Crippen LogP contribution in [0.3, 0.4) is 0 Å². The molecule has 0 aliphatic heterocycles. The maximum absolute atomic E-state index is 12.9. The van der Waals surface area contributed by atoms with Crippen molar-refractivity contribution in [3.05, 3.63) is 60.8 Å². The van der Waals surface area contributed by atoms with E-state index in [-0.39, 0.29) is 31.1 Å². The van der Waals surface area contributed by atoms with Crippen molar-refractivity contribution in [2.45, 2.75) is 361 Å². The first-order valence-electron chi connectivity index (χ1n) is 33.8. The lowest BCUT2D eigenvalue weighted by Gasteiger charge is -2.18. The Bertz CT molecular complexity index is 1380. The molecule has 0 radical (unpaired) electrons. The fraction of sp³-hybridized carbons (Fsp3) is 0.817. The second kappa shape index (κ2) is 65.6. The van der Waals surface area contributed by atoms with E-state index in [9.17, 15) is 14.4 Å². The van der Waals surface area contributed by atoms with Crippen LogP contribution in [0.4, 0.5) is 0 Å². The Balaban J connectivity index is 4.35. The Labute approximate surface area is 479 Å². The van der Waals surface area contributed by atoms with Gasteiger partial charge in [-0.05, 0) is 109 Å². The highest BCUT2D eigenvalue weighted by atomic mass is 16.6. The number of rotatable bonds is 62. The van der Waals surface area contributed by atoms with Gasteiger partial charge in [0.25, 0.3) is 0 Å². The van der Waals surface area contributed by atoms with Crippen molar-refractivity contribution >= 4 is 17.9 Å². The van der Waals surface area contributed by atoms with E-state index in [4.69, 9.17) is 14.2 Å². The normalized spacial score (nSPS) is 12.4. The summed E-state index contributed by atoms with van der Waals surface area (Å²) >= 11 is 0. The molecule has 0 saturated carbocycles. The van der Waals surface area contributed by atoms with E-state index < -0.39 is 6.10 Å². The standard InChI is InChI=1S/C71H128O6/c1-4-7-10-13-16-19-22-25-28-31-33-34-35-36-38-40-43-46-49-52-55-58-61-64-70(73)76-67-68(66-75-69(72)63-60-57-54-51-48-45-42-39-30-27-24-21-18-15-12-9-6-3)77-71(74)65-62-59-56-53-50-47-44-41-37-32-29-26-23-20-17-14-11-8-5-2/h17,20,22,25-27,29-31,33,68H,4-16,18-19,21,23-24,28,32,34-67H2,1-3H3/b20-17-,25-22-,29-26-,30-27-,33-31-. The number of carbonyl (C=O) groups excluding carboxylic acids is 3. The van der Waals surface area contributed by atoms with Gasteiger partial charge in [-0.15, -0.1) is 0 Å². The van der Waals surface area contributed by atoms with E-state index in [1.807, 2.05) is 0 Å². The Morgan fingerprint density at radius 3 is 0.753 bits per heavy atom. The Hall–Kier alpha value is -2.89. The summed E-state index contributed by atoms with van der Waals surface area (Å²) in [6.45, 7) is 6.64. The number of hydrogen-bond acceptors (Lipinski definition) is 6. The summed E-state index contributed by atoms with van der Waals surface area (Å²) in [6, 6.07) is 0. The minimum absolute atomic E-state index is 0.0761. The van der Waals surface area contributed by atoms with Gasteiger partial charge < -0.3 is 14.2 Å². The van der Waals surface area contributed by atoms with Gasteiger partial charge in [0, 0.05) is 19.3 Å². The smallest absolute Gasteiger partial charge is 0.306 e. The fourth-order valence-corrected chi connectivity index (χ4v) is 9.85. The van der Waals surface area contributed by atoms with Gasteiger partial charge in [-0.1, -0.05) is 287 Å². The van der Waals surface area contributed by atoms with Crippen LogP contribution < -0.4 is 0 Å². The van der Waals surface area contributed by atoms with E-state index in [1.54, 1.807) is 0 Å². The molecule has 0 aliphatic rings. The average molecular weight is 1080 g/mol. The van der Waals surface area contributed by atoms with Gasteiger partial charge in [0.05, 0.1) is 0 Å². The molecular formula is C71H128O6. The van der Waals surface area contributed by atoms with E-state index in [0.29, 0.717) is 19.3 Å². The van der Waals surface area contributed by atoms with Gasteiger partial charge in [0.1, 0.15) is 13.2 Å². The molecule has 77 heavy (non-hydrogen) atoms. The van der Waals surface area contributed by atoms with Gasteiger partial charge in [0.2, 0.25) is 0 Å². The zero-order valence-corrected chi connectivity index (χ0v) is 51.5. The third kappa shape index (κ3) is 63.8. The maximum Gasteiger partial charge on any atom is 0.306 e.